The lowest BCUT2D eigenvalue weighted by atomic mass is 10.4. The summed E-state index contributed by atoms with van der Waals surface area (Å²) >= 11 is 0. The highest BCUT2D eigenvalue weighted by molar-refractivity contribution is 5.51. The molecule has 0 spiro atoms. The van der Waals surface area contributed by atoms with Crippen molar-refractivity contribution in [2.24, 2.45) is 0 Å². The Balaban J connectivity index is 2.89. The normalized spacial score (nSPS) is 10.9. The maximum absolute atomic E-state index is 4.83. The van der Waals surface area contributed by atoms with Gasteiger partial charge < -0.3 is 9.52 Å². The summed E-state index contributed by atoms with van der Waals surface area (Å²) in [5, 5.41) is 5.63. The van der Waals surface area contributed by atoms with E-state index in [4.69, 9.17) is 4.42 Å². The van der Waals surface area contributed by atoms with Crippen molar-refractivity contribution in [3.8, 4) is 11.5 Å². The molecule has 36 valence electrons. The highest BCUT2D eigenvalue weighted by Crippen LogP contribution is 2.20. The second-order valence-corrected chi connectivity index (χ2v) is 1.43. The molecule has 0 fully saturated rings. The molecular weight excluding hydrogens is 92.1 g/mol. The Morgan fingerprint density at radius 2 is 2.57 bits per heavy atom. The molecule has 2 heterocycles. The van der Waals surface area contributed by atoms with E-state index in [1.165, 1.54) is 0 Å². The van der Waals surface area contributed by atoms with Gasteiger partial charge in [0.2, 0.25) is 0 Å². The fourth-order valence-corrected chi connectivity index (χ4v) is 0.568. The summed E-state index contributed by atoms with van der Waals surface area (Å²) in [6.45, 7) is 0. The molecular formula is C4H4N2O. The molecule has 0 bridgehead atoms. The van der Waals surface area contributed by atoms with Gasteiger partial charge in [0.15, 0.2) is 5.76 Å². The Labute approximate surface area is 39.6 Å². The van der Waals surface area contributed by atoms with Crippen LogP contribution in [0.5, 0.6) is 0 Å². The van der Waals surface area contributed by atoms with Gasteiger partial charge in [-0.05, 0) is 0 Å². The lowest BCUT2D eigenvalue weighted by Crippen LogP contribution is -1.76. The molecule has 2 aliphatic rings. The van der Waals surface area contributed by atoms with E-state index in [0.29, 0.717) is 0 Å². The van der Waals surface area contributed by atoms with Gasteiger partial charge in [-0.2, -0.15) is 0 Å². The summed E-state index contributed by atoms with van der Waals surface area (Å²) < 4.78 is 4.83. The van der Waals surface area contributed by atoms with Crippen LogP contribution in [-0.2, 0) is 0 Å². The van der Waals surface area contributed by atoms with Crippen LogP contribution in [0.1, 0.15) is 0 Å². The minimum atomic E-state index is 0.903. The van der Waals surface area contributed by atoms with Gasteiger partial charge >= 0.3 is 0 Å². The zero-order chi connectivity index (χ0) is 4.69. The van der Waals surface area contributed by atoms with Gasteiger partial charge in [0.25, 0.3) is 0 Å². The van der Waals surface area contributed by atoms with Gasteiger partial charge in [-0.25, -0.2) is 0 Å². The lowest BCUT2D eigenvalue weighted by molar-refractivity contribution is 0.530. The second kappa shape index (κ2) is 0.753. The van der Waals surface area contributed by atoms with E-state index in [0.717, 1.165) is 11.5 Å². The van der Waals surface area contributed by atoms with Gasteiger partial charge in [-0.3, -0.25) is 5.10 Å². The van der Waals surface area contributed by atoms with Crippen LogP contribution in [0, 0.1) is 0 Å². The maximum Gasteiger partial charge on any atom is 0.172 e. The number of nitrogens with one attached hydrogen (secondary N) is 2. The molecule has 2 aliphatic heterocycles. The number of hydrogen-bond donors (Lipinski definition) is 2. The molecule has 3 nitrogen and oxygen atoms in total. The van der Waals surface area contributed by atoms with Crippen molar-refractivity contribution in [3.63, 3.8) is 0 Å². The SMILES string of the molecule is c1oc2c[nH][nH]c1-2. The number of fused-ring (bicyclic) bond motifs is 1. The van der Waals surface area contributed by atoms with Crippen molar-refractivity contribution in [1.82, 2.24) is 10.2 Å². The van der Waals surface area contributed by atoms with Gasteiger partial charge in [0.1, 0.15) is 12.0 Å². The zero-order valence-electron chi connectivity index (χ0n) is 3.56. The number of aromatic amines is 2. The molecule has 0 saturated carbocycles. The molecule has 3 heteroatoms. The topological polar surface area (TPSA) is 44.7 Å². The Kier molecular flexibility index (Phi) is 0.318. The minimum Gasteiger partial charge on any atom is -0.459 e. The highest BCUT2D eigenvalue weighted by Gasteiger charge is 2.06. The highest BCUT2D eigenvalue weighted by atomic mass is 16.3. The Bertz CT molecular complexity index is 194. The molecule has 2 N–H and O–H groups in total. The summed E-state index contributed by atoms with van der Waals surface area (Å²) in [6.07, 6.45) is 3.43. The monoisotopic (exact) mass is 96.0 g/mol. The van der Waals surface area contributed by atoms with Gasteiger partial charge in [-0.1, -0.05) is 0 Å². The summed E-state index contributed by atoms with van der Waals surface area (Å²) in [5.74, 6) is 0.903. The van der Waals surface area contributed by atoms with E-state index in [-0.39, 0.29) is 0 Å². The van der Waals surface area contributed by atoms with Crippen molar-refractivity contribution in [2.75, 3.05) is 0 Å². The first-order valence-electron chi connectivity index (χ1n) is 2.06. The number of H-pyrrole nitrogens is 2. The average molecular weight is 96.1 g/mol. The summed E-state index contributed by atoms with van der Waals surface area (Å²) in [6, 6.07) is 0. The first-order valence-corrected chi connectivity index (χ1v) is 2.06. The predicted octanol–water partition coefficient (Wildman–Crippen LogP) is 1.04. The molecule has 2 rings (SSSR count). The maximum atomic E-state index is 4.83. The van der Waals surface area contributed by atoms with Crippen LogP contribution in [-0.4, -0.2) is 10.2 Å². The molecule has 0 aromatic heterocycles. The smallest absolute Gasteiger partial charge is 0.172 e. The standard InChI is InChI=1S/C4H4N2O/c1-4-3(2-7-4)6-5-1/h1-2,5-6H. The van der Waals surface area contributed by atoms with Crippen molar-refractivity contribution in [3.05, 3.63) is 12.5 Å². The molecule has 0 aromatic carbocycles. The quantitative estimate of drug-likeness (QED) is 0.505. The third-order valence-corrected chi connectivity index (χ3v) is 0.979. The van der Waals surface area contributed by atoms with Crippen LogP contribution in [0.2, 0.25) is 0 Å². The fourth-order valence-electron chi connectivity index (χ4n) is 0.568. The van der Waals surface area contributed by atoms with E-state index in [1.54, 1.807) is 12.5 Å². The second-order valence-electron chi connectivity index (χ2n) is 1.43. The minimum absolute atomic E-state index is 0.903. The van der Waals surface area contributed by atoms with Crippen LogP contribution in [0.4, 0.5) is 0 Å². The van der Waals surface area contributed by atoms with Crippen LogP contribution < -0.4 is 0 Å². The molecule has 0 aromatic rings. The van der Waals surface area contributed by atoms with Crippen molar-refractivity contribution in [2.45, 2.75) is 0 Å². The van der Waals surface area contributed by atoms with E-state index in [1.807, 2.05) is 0 Å². The zero-order valence-corrected chi connectivity index (χ0v) is 3.56. The summed E-state index contributed by atoms with van der Waals surface area (Å²) in [5.41, 5.74) is 1.04. The molecule has 0 saturated heterocycles. The van der Waals surface area contributed by atoms with E-state index in [9.17, 15) is 0 Å². The molecule has 0 amide bonds. The Morgan fingerprint density at radius 3 is 2.86 bits per heavy atom. The van der Waals surface area contributed by atoms with Crippen LogP contribution in [0.3, 0.4) is 0 Å². The molecule has 0 radical (unpaired) electrons. The first-order chi connectivity index (χ1) is 3.47. The van der Waals surface area contributed by atoms with Crippen molar-refractivity contribution in [1.29, 1.82) is 0 Å². The molecule has 0 atom stereocenters. The van der Waals surface area contributed by atoms with E-state index < -0.39 is 0 Å². The third-order valence-electron chi connectivity index (χ3n) is 0.979. The predicted molar refractivity (Wildman–Crippen MR) is 24.0 cm³/mol. The van der Waals surface area contributed by atoms with Crippen LogP contribution in [0.15, 0.2) is 16.9 Å². The summed E-state index contributed by atoms with van der Waals surface area (Å²) in [4.78, 5) is 0. The molecule has 0 unspecified atom stereocenters. The fraction of sp³-hybridized carbons (Fsp3) is 0. The van der Waals surface area contributed by atoms with Gasteiger partial charge in [0.05, 0.1) is 6.20 Å². The van der Waals surface area contributed by atoms with Crippen LogP contribution in [0.25, 0.3) is 11.5 Å². The number of hydrogen-bond acceptors (Lipinski definition) is 1. The number of rotatable bonds is 0. The van der Waals surface area contributed by atoms with Crippen LogP contribution >= 0.6 is 0 Å². The first kappa shape index (κ1) is 2.96. The van der Waals surface area contributed by atoms with Crippen molar-refractivity contribution < 1.29 is 4.42 Å². The van der Waals surface area contributed by atoms with Gasteiger partial charge in [0, 0.05) is 0 Å². The molecule has 7 heavy (non-hydrogen) atoms. The number of aromatic nitrogens is 2. The Morgan fingerprint density at radius 1 is 1.57 bits per heavy atom. The largest absolute Gasteiger partial charge is 0.459 e. The van der Waals surface area contributed by atoms with Gasteiger partial charge in [-0.15, -0.1) is 0 Å². The average Bonchev–Trinajstić information content (AvgIpc) is 1.85. The van der Waals surface area contributed by atoms with E-state index in [2.05, 4.69) is 10.2 Å². The summed E-state index contributed by atoms with van der Waals surface area (Å²) in [7, 11) is 0. The van der Waals surface area contributed by atoms with Crippen molar-refractivity contribution >= 4 is 0 Å². The van der Waals surface area contributed by atoms with E-state index >= 15 is 0 Å². The lowest BCUT2D eigenvalue weighted by Gasteiger charge is -1.94. The Hall–Kier alpha value is -1.12. The third kappa shape index (κ3) is 0.210. The molecule has 0 aliphatic carbocycles.